The Morgan fingerprint density at radius 2 is 1.86 bits per heavy atom. The van der Waals surface area contributed by atoms with E-state index in [0.29, 0.717) is 66.0 Å². The average Bonchev–Trinajstić information content (AvgIpc) is 4.08. The van der Waals surface area contributed by atoms with Crippen molar-refractivity contribution in [3.05, 3.63) is 66.7 Å². The summed E-state index contributed by atoms with van der Waals surface area (Å²) < 4.78 is 46.4. The van der Waals surface area contributed by atoms with Crippen molar-refractivity contribution >= 4 is 55.7 Å². The molecule has 14 nitrogen and oxygen atoms in total. The molecule has 294 valence electrons. The van der Waals surface area contributed by atoms with Crippen LogP contribution in [0.1, 0.15) is 64.7 Å². The molecular formula is C41H45N5O9S. The van der Waals surface area contributed by atoms with Gasteiger partial charge >= 0.3 is 0 Å². The van der Waals surface area contributed by atoms with Crippen LogP contribution in [0.4, 0.5) is 0 Å². The van der Waals surface area contributed by atoms with E-state index >= 15 is 0 Å². The van der Waals surface area contributed by atoms with E-state index < -0.39 is 62.6 Å². The molecule has 56 heavy (non-hydrogen) atoms. The minimum absolute atomic E-state index is 0.00979. The van der Waals surface area contributed by atoms with Gasteiger partial charge in [-0.25, -0.2) is 13.4 Å². The topological polar surface area (TPSA) is 186 Å². The van der Waals surface area contributed by atoms with Gasteiger partial charge in [-0.05, 0) is 62.8 Å². The molecule has 2 aliphatic heterocycles. The lowest BCUT2D eigenvalue weighted by Gasteiger charge is -2.29. The Balaban J connectivity index is 1.15. The number of hydrogen-bond donors (Lipinski definition) is 3. The molecule has 3 fully saturated rings. The zero-order valence-electron chi connectivity index (χ0n) is 31.3. The molecule has 8 rings (SSSR count). The molecule has 15 heteroatoms. The van der Waals surface area contributed by atoms with E-state index in [1.807, 2.05) is 60.7 Å². The Hall–Kier alpha value is -5.44. The number of aromatic nitrogens is 1. The molecule has 0 spiro atoms. The largest absolute Gasteiger partial charge is 0.497 e. The predicted octanol–water partition coefficient (Wildman–Crippen LogP) is 4.51. The van der Waals surface area contributed by atoms with Crippen molar-refractivity contribution in [1.29, 1.82) is 0 Å². The summed E-state index contributed by atoms with van der Waals surface area (Å²) >= 11 is 0. The second-order valence-corrected chi connectivity index (χ2v) is 17.2. The van der Waals surface area contributed by atoms with E-state index in [2.05, 4.69) is 15.4 Å². The number of methoxy groups -OCH3 is 1. The number of carbonyl (C=O) groups is 4. The number of para-hydroxylation sites is 1. The quantitative estimate of drug-likeness (QED) is 0.215. The van der Waals surface area contributed by atoms with Crippen molar-refractivity contribution < 1.29 is 41.5 Å². The molecule has 0 unspecified atom stereocenters. The van der Waals surface area contributed by atoms with Gasteiger partial charge in [0.05, 0.1) is 24.6 Å². The van der Waals surface area contributed by atoms with Crippen LogP contribution in [0.5, 0.6) is 11.5 Å². The van der Waals surface area contributed by atoms with Crippen molar-refractivity contribution in [2.75, 3.05) is 13.7 Å². The van der Waals surface area contributed by atoms with E-state index in [0.717, 1.165) is 23.8 Å². The molecule has 0 radical (unpaired) electrons. The molecule has 4 aromatic rings. The highest BCUT2D eigenvalue weighted by atomic mass is 32.2. The zero-order chi connectivity index (χ0) is 39.2. The maximum atomic E-state index is 14.5. The van der Waals surface area contributed by atoms with Crippen LogP contribution in [-0.2, 0) is 29.2 Å². The third kappa shape index (κ3) is 7.43. The van der Waals surface area contributed by atoms with Gasteiger partial charge in [-0.1, -0.05) is 49.3 Å². The first-order valence-electron chi connectivity index (χ1n) is 19.2. The number of rotatable bonds is 8. The number of ether oxygens (including phenoxy) is 2. The summed E-state index contributed by atoms with van der Waals surface area (Å²) in [5.74, 6) is -1.64. The van der Waals surface area contributed by atoms with Gasteiger partial charge in [0, 0.05) is 36.3 Å². The molecule has 0 bridgehead atoms. The first-order valence-corrected chi connectivity index (χ1v) is 20.8. The van der Waals surface area contributed by atoms with E-state index in [9.17, 15) is 27.6 Å². The molecule has 5 atom stereocenters. The number of benzene rings is 2. The fourth-order valence-electron chi connectivity index (χ4n) is 7.94. The van der Waals surface area contributed by atoms with E-state index in [1.54, 1.807) is 13.2 Å². The summed E-state index contributed by atoms with van der Waals surface area (Å²) in [6.45, 7) is 1.34. The predicted molar refractivity (Wildman–Crippen MR) is 207 cm³/mol. The van der Waals surface area contributed by atoms with E-state index in [1.165, 1.54) is 11.8 Å². The lowest BCUT2D eigenvalue weighted by Crippen LogP contribution is -2.58. The summed E-state index contributed by atoms with van der Waals surface area (Å²) in [5, 5.41) is 5.84. The van der Waals surface area contributed by atoms with Gasteiger partial charge in [0.2, 0.25) is 27.7 Å². The van der Waals surface area contributed by atoms with Gasteiger partial charge in [0.25, 0.3) is 5.91 Å². The van der Waals surface area contributed by atoms with E-state index in [4.69, 9.17) is 18.9 Å². The molecule has 4 aliphatic rings. The van der Waals surface area contributed by atoms with Crippen LogP contribution in [0.2, 0.25) is 0 Å². The van der Waals surface area contributed by atoms with Gasteiger partial charge in [-0.15, -0.1) is 0 Å². The normalized spacial score (nSPS) is 26.3. The van der Waals surface area contributed by atoms with Crippen LogP contribution in [-0.4, -0.2) is 84.6 Å². The summed E-state index contributed by atoms with van der Waals surface area (Å²) in [4.78, 5) is 61.3. The zero-order valence-corrected chi connectivity index (χ0v) is 32.1. The highest BCUT2D eigenvalue weighted by Crippen LogP contribution is 2.46. The van der Waals surface area contributed by atoms with Crippen molar-refractivity contribution in [3.8, 4) is 22.8 Å². The van der Waals surface area contributed by atoms with Crippen molar-refractivity contribution in [3.63, 3.8) is 0 Å². The number of fused-ring (bicyclic) bond motifs is 5. The molecule has 3 N–H and O–H groups in total. The number of sulfonamides is 1. The third-order valence-electron chi connectivity index (χ3n) is 11.2. The maximum Gasteiger partial charge on any atom is 0.259 e. The van der Waals surface area contributed by atoms with Crippen molar-refractivity contribution in [1.82, 2.24) is 25.2 Å². The number of furan rings is 1. The molecule has 4 amide bonds. The third-order valence-corrected chi connectivity index (χ3v) is 13.0. The number of nitrogens with zero attached hydrogens (tertiary/aromatic N) is 2. The summed E-state index contributed by atoms with van der Waals surface area (Å²) in [6.07, 6.45) is 7.66. The Labute approximate surface area is 324 Å². The monoisotopic (exact) mass is 783 g/mol. The van der Waals surface area contributed by atoms with Gasteiger partial charge in [-0.3, -0.25) is 23.9 Å². The van der Waals surface area contributed by atoms with Gasteiger partial charge in [-0.2, -0.15) is 0 Å². The number of allylic oxidation sites excluding steroid dienone is 1. The SMILES string of the molecule is COc1cccc(-c2cc(O[C@@H]3C[C@H]4C(=O)N[C@]5(C(=O)NS(=O)(=O)C6CC6)C[C@@H]5/C=C\CCCCC[C@H](NC(C)=O)C(=O)N4C3)c3oc4ccccc4c3n2)c1. The molecule has 2 aliphatic carbocycles. The standard InChI is InChI=1S/C41H45N5O9S/c1-24(47)42-31-15-7-5-3-4-6-12-26-22-41(26,40(50)45-56(51,52)29-17-18-29)44-38(48)33-20-28(23-46(33)39(31)49)54-35-21-32(25-11-10-13-27(19-25)53-2)43-36-30-14-8-9-16-34(30)55-37(35)36/h6,8-14,16,19,21,26,28-29,31,33H,3-5,7,15,17-18,20,22-23H2,1-2H3,(H,42,47)(H,44,48)(H,45,50)/b12-6-/t26-,28+,31-,33-,41+/m0/s1. The van der Waals surface area contributed by atoms with Crippen LogP contribution >= 0.6 is 0 Å². The summed E-state index contributed by atoms with van der Waals surface area (Å²) in [6, 6.07) is 14.7. The number of hydrogen-bond acceptors (Lipinski definition) is 10. The van der Waals surface area contributed by atoms with Crippen LogP contribution in [0.25, 0.3) is 33.3 Å². The fraction of sp³-hybridized carbons (Fsp3) is 0.439. The Morgan fingerprint density at radius 3 is 2.64 bits per heavy atom. The molecule has 2 aromatic heterocycles. The highest BCUT2D eigenvalue weighted by Gasteiger charge is 2.62. The lowest BCUT2D eigenvalue weighted by atomic mass is 10.0. The lowest BCUT2D eigenvalue weighted by molar-refractivity contribution is -0.142. The van der Waals surface area contributed by atoms with Crippen LogP contribution in [0, 0.1) is 5.92 Å². The Kier molecular flexibility index (Phi) is 9.97. The smallest absolute Gasteiger partial charge is 0.259 e. The first-order chi connectivity index (χ1) is 27.0. The Morgan fingerprint density at radius 1 is 1.04 bits per heavy atom. The first kappa shape index (κ1) is 37.5. The molecular weight excluding hydrogens is 739 g/mol. The van der Waals surface area contributed by atoms with Gasteiger partial charge in [0.1, 0.15) is 40.6 Å². The second-order valence-electron chi connectivity index (χ2n) is 15.3. The minimum atomic E-state index is -3.90. The van der Waals surface area contributed by atoms with E-state index in [-0.39, 0.29) is 25.3 Å². The fourth-order valence-corrected chi connectivity index (χ4v) is 9.31. The van der Waals surface area contributed by atoms with Crippen LogP contribution in [0.3, 0.4) is 0 Å². The van der Waals surface area contributed by atoms with Crippen molar-refractivity contribution in [2.45, 2.75) is 93.7 Å². The summed E-state index contributed by atoms with van der Waals surface area (Å²) in [7, 11) is -2.31. The number of carbonyl (C=O) groups excluding carboxylic acids is 4. The van der Waals surface area contributed by atoms with Gasteiger partial charge < -0.3 is 29.4 Å². The number of pyridine rings is 1. The number of amides is 4. The highest BCUT2D eigenvalue weighted by molar-refractivity contribution is 7.91. The number of nitrogens with one attached hydrogen (secondary N) is 3. The molecule has 2 aromatic carbocycles. The minimum Gasteiger partial charge on any atom is -0.497 e. The van der Waals surface area contributed by atoms with Crippen LogP contribution < -0.4 is 24.8 Å². The summed E-state index contributed by atoms with van der Waals surface area (Å²) in [5.41, 5.74) is 1.44. The molecule has 4 heterocycles. The van der Waals surface area contributed by atoms with Gasteiger partial charge in [0.15, 0.2) is 11.3 Å². The average molecular weight is 784 g/mol. The molecule has 1 saturated heterocycles. The maximum absolute atomic E-state index is 14.5. The Bertz CT molecular complexity index is 2360. The van der Waals surface area contributed by atoms with Crippen LogP contribution in [0.15, 0.2) is 71.2 Å². The molecule has 2 saturated carbocycles. The second kappa shape index (κ2) is 14.9. The van der Waals surface area contributed by atoms with Crippen molar-refractivity contribution in [2.24, 2.45) is 5.92 Å².